The van der Waals surface area contributed by atoms with E-state index in [1.165, 1.54) is 18.4 Å². The van der Waals surface area contributed by atoms with Gasteiger partial charge in [0.1, 0.15) is 0 Å². The lowest BCUT2D eigenvalue weighted by atomic mass is 10.1. The van der Waals surface area contributed by atoms with Crippen molar-refractivity contribution in [3.05, 3.63) is 29.8 Å². The van der Waals surface area contributed by atoms with Crippen LogP contribution >= 0.6 is 0 Å². The van der Waals surface area contributed by atoms with E-state index in [1.54, 1.807) is 18.0 Å². The van der Waals surface area contributed by atoms with E-state index in [0.29, 0.717) is 24.9 Å². The van der Waals surface area contributed by atoms with Crippen LogP contribution in [0.4, 0.5) is 5.69 Å². The van der Waals surface area contributed by atoms with Crippen LogP contribution in [0.3, 0.4) is 0 Å². The van der Waals surface area contributed by atoms with Crippen LogP contribution in [0.1, 0.15) is 23.2 Å². The average molecular weight is 325 g/mol. The van der Waals surface area contributed by atoms with Crippen LogP contribution in [0, 0.1) is 0 Å². The predicted octanol–water partition coefficient (Wildman–Crippen LogP) is 1.22. The van der Waals surface area contributed by atoms with Crippen molar-refractivity contribution in [2.75, 3.05) is 39.5 Å². The smallest absolute Gasteiger partial charge is 0.255 e. The lowest BCUT2D eigenvalue weighted by molar-refractivity contribution is 0.0727. The molecule has 1 N–H and O–H groups in total. The summed E-state index contributed by atoms with van der Waals surface area (Å²) in [5.74, 6) is -0.122. The third-order valence-electron chi connectivity index (χ3n) is 4.02. The summed E-state index contributed by atoms with van der Waals surface area (Å²) in [4.78, 5) is 14.3. The fourth-order valence-corrected chi connectivity index (χ4v) is 4.15. The zero-order chi connectivity index (χ0) is 16.3. The highest BCUT2D eigenvalue weighted by Gasteiger charge is 2.34. The minimum atomic E-state index is -3.34. The van der Waals surface area contributed by atoms with Gasteiger partial charge >= 0.3 is 0 Å². The molecule has 1 fully saturated rings. The van der Waals surface area contributed by atoms with Gasteiger partial charge in [-0.15, -0.1) is 0 Å². The third kappa shape index (κ3) is 3.25. The normalized spacial score (nSPS) is 19.3. The number of carbonyl (C=O) groups is 1. The summed E-state index contributed by atoms with van der Waals surface area (Å²) in [6.07, 6.45) is 1.29. The Labute approximate surface area is 132 Å². The molecule has 0 spiro atoms. The van der Waals surface area contributed by atoms with Gasteiger partial charge in [-0.1, -0.05) is 12.1 Å². The van der Waals surface area contributed by atoms with Crippen molar-refractivity contribution in [2.24, 2.45) is 0 Å². The molecule has 7 heteroatoms. The zero-order valence-corrected chi connectivity index (χ0v) is 14.1. The van der Waals surface area contributed by atoms with Crippen molar-refractivity contribution < 1.29 is 13.2 Å². The Bertz CT molecular complexity index is 643. The van der Waals surface area contributed by atoms with Gasteiger partial charge in [0.15, 0.2) is 0 Å². The first-order valence-electron chi connectivity index (χ1n) is 7.35. The second-order valence-corrected chi connectivity index (χ2v) is 8.07. The number of hydrogen-bond acceptors (Lipinski definition) is 4. The van der Waals surface area contributed by atoms with Gasteiger partial charge in [-0.05, 0) is 25.0 Å². The molecule has 1 saturated heterocycles. The molecule has 22 heavy (non-hydrogen) atoms. The standard InChI is InChI=1S/C15H23N3O3S/c1-16-14-9-5-4-8-13(14)15(19)18-10-6-7-12(11-18)22(20,21)17(2)3/h4-5,8-9,12,16H,6-7,10-11H2,1-3H3. The summed E-state index contributed by atoms with van der Waals surface area (Å²) in [5.41, 5.74) is 1.33. The summed E-state index contributed by atoms with van der Waals surface area (Å²) < 4.78 is 25.8. The highest BCUT2D eigenvalue weighted by atomic mass is 32.2. The number of benzene rings is 1. The number of nitrogens with one attached hydrogen (secondary N) is 1. The number of nitrogens with zero attached hydrogens (tertiary/aromatic N) is 2. The molecule has 1 atom stereocenters. The third-order valence-corrected chi connectivity index (χ3v) is 6.27. The van der Waals surface area contributed by atoms with Crippen molar-refractivity contribution in [2.45, 2.75) is 18.1 Å². The monoisotopic (exact) mass is 325 g/mol. The van der Waals surface area contributed by atoms with Crippen LogP contribution in [-0.2, 0) is 10.0 Å². The molecule has 1 unspecified atom stereocenters. The molecule has 0 radical (unpaired) electrons. The zero-order valence-electron chi connectivity index (χ0n) is 13.2. The maximum atomic E-state index is 12.7. The average Bonchev–Trinajstić information content (AvgIpc) is 2.54. The first-order chi connectivity index (χ1) is 10.4. The number of piperidine rings is 1. The van der Waals surface area contributed by atoms with E-state index in [1.807, 2.05) is 18.2 Å². The van der Waals surface area contributed by atoms with Crippen LogP contribution in [0.5, 0.6) is 0 Å². The van der Waals surface area contributed by atoms with Gasteiger partial charge in [-0.2, -0.15) is 0 Å². The minimum absolute atomic E-state index is 0.122. The lowest BCUT2D eigenvalue weighted by Gasteiger charge is -2.34. The largest absolute Gasteiger partial charge is 0.387 e. The number of hydrogen-bond donors (Lipinski definition) is 1. The molecule has 2 rings (SSSR count). The topological polar surface area (TPSA) is 69.7 Å². The van der Waals surface area contributed by atoms with Crippen molar-refractivity contribution in [1.82, 2.24) is 9.21 Å². The van der Waals surface area contributed by atoms with Crippen LogP contribution in [0.25, 0.3) is 0 Å². The molecular formula is C15H23N3O3S. The summed E-state index contributed by atoms with van der Waals surface area (Å²) in [6, 6.07) is 7.27. The van der Waals surface area contributed by atoms with Gasteiger partial charge < -0.3 is 10.2 Å². The molecule has 0 saturated carbocycles. The molecule has 0 bridgehead atoms. The number of likely N-dealkylation sites (tertiary alicyclic amines) is 1. The van der Waals surface area contributed by atoms with E-state index >= 15 is 0 Å². The number of para-hydroxylation sites is 1. The van der Waals surface area contributed by atoms with E-state index < -0.39 is 15.3 Å². The molecule has 6 nitrogen and oxygen atoms in total. The first-order valence-corrected chi connectivity index (χ1v) is 8.85. The van der Waals surface area contributed by atoms with Gasteiger partial charge in [0.05, 0.1) is 10.8 Å². The summed E-state index contributed by atoms with van der Waals surface area (Å²) in [6.45, 7) is 0.841. The van der Waals surface area contributed by atoms with E-state index in [2.05, 4.69) is 5.32 Å². The van der Waals surface area contributed by atoms with Gasteiger partial charge in [-0.25, -0.2) is 12.7 Å². The molecule has 1 aromatic rings. The summed E-state index contributed by atoms with van der Waals surface area (Å²) in [7, 11) is 1.49. The van der Waals surface area contributed by atoms with E-state index in [9.17, 15) is 13.2 Å². The number of anilines is 1. The molecule has 1 aliphatic rings. The molecule has 1 aliphatic heterocycles. The molecule has 1 heterocycles. The van der Waals surface area contributed by atoms with E-state index in [4.69, 9.17) is 0 Å². The number of sulfonamides is 1. The second-order valence-electron chi connectivity index (χ2n) is 5.64. The second kappa shape index (κ2) is 6.66. The van der Waals surface area contributed by atoms with Crippen LogP contribution in [0.15, 0.2) is 24.3 Å². The first kappa shape index (κ1) is 16.8. The Morgan fingerprint density at radius 1 is 1.32 bits per heavy atom. The highest BCUT2D eigenvalue weighted by molar-refractivity contribution is 7.89. The SMILES string of the molecule is CNc1ccccc1C(=O)N1CCCC(S(=O)(=O)N(C)C)C1. The quantitative estimate of drug-likeness (QED) is 0.904. The Kier molecular flexibility index (Phi) is 5.08. The van der Waals surface area contributed by atoms with Crippen molar-refractivity contribution in [1.29, 1.82) is 0 Å². The van der Waals surface area contributed by atoms with Gasteiger partial charge in [0.25, 0.3) is 5.91 Å². The Hall–Kier alpha value is -1.60. The molecule has 0 aliphatic carbocycles. The fraction of sp³-hybridized carbons (Fsp3) is 0.533. The maximum absolute atomic E-state index is 12.7. The Morgan fingerprint density at radius 3 is 2.64 bits per heavy atom. The number of carbonyl (C=O) groups excluding carboxylic acids is 1. The van der Waals surface area contributed by atoms with Crippen molar-refractivity contribution >= 4 is 21.6 Å². The molecule has 0 aromatic heterocycles. The molecule has 1 aromatic carbocycles. The summed E-state index contributed by atoms with van der Waals surface area (Å²) in [5, 5.41) is 2.48. The Morgan fingerprint density at radius 2 is 2.00 bits per heavy atom. The van der Waals surface area contributed by atoms with E-state index in [-0.39, 0.29) is 12.5 Å². The lowest BCUT2D eigenvalue weighted by Crippen LogP contribution is -2.48. The van der Waals surface area contributed by atoms with Crippen LogP contribution in [0.2, 0.25) is 0 Å². The fourth-order valence-electron chi connectivity index (χ4n) is 2.72. The minimum Gasteiger partial charge on any atom is -0.387 e. The molecule has 122 valence electrons. The maximum Gasteiger partial charge on any atom is 0.255 e. The number of amides is 1. The van der Waals surface area contributed by atoms with Crippen LogP contribution < -0.4 is 5.32 Å². The van der Waals surface area contributed by atoms with Gasteiger partial charge in [0, 0.05) is 39.9 Å². The van der Waals surface area contributed by atoms with Gasteiger partial charge in [-0.3, -0.25) is 4.79 Å². The molecule has 1 amide bonds. The molecular weight excluding hydrogens is 302 g/mol. The van der Waals surface area contributed by atoms with Crippen molar-refractivity contribution in [3.63, 3.8) is 0 Å². The number of rotatable bonds is 4. The van der Waals surface area contributed by atoms with Crippen LogP contribution in [-0.4, -0.2) is 63.0 Å². The predicted molar refractivity (Wildman–Crippen MR) is 87.5 cm³/mol. The Balaban J connectivity index is 2.21. The van der Waals surface area contributed by atoms with Gasteiger partial charge in [0.2, 0.25) is 10.0 Å². The van der Waals surface area contributed by atoms with E-state index in [0.717, 1.165) is 5.69 Å². The van der Waals surface area contributed by atoms with Crippen molar-refractivity contribution in [3.8, 4) is 0 Å². The highest BCUT2D eigenvalue weighted by Crippen LogP contribution is 2.23. The summed E-state index contributed by atoms with van der Waals surface area (Å²) >= 11 is 0.